The van der Waals surface area contributed by atoms with Gasteiger partial charge in [-0.2, -0.15) is 0 Å². The Balaban J connectivity index is 2.75. The number of pyridine rings is 1. The smallest absolute Gasteiger partial charge is 0.137 e. The van der Waals surface area contributed by atoms with Gasteiger partial charge in [0, 0.05) is 11.9 Å². The maximum atomic E-state index is 4.52. The molecule has 2 rings (SSSR count). The molecule has 0 aromatic carbocycles. The fraction of sp³-hybridized carbons (Fsp3) is 0.364. The van der Waals surface area contributed by atoms with E-state index in [2.05, 4.69) is 48.5 Å². The molecule has 2 nitrogen and oxygen atoms in total. The largest absolute Gasteiger partial charge is 0.304 e. The fourth-order valence-corrected chi connectivity index (χ4v) is 1.64. The first-order valence-corrected chi connectivity index (χ1v) is 4.66. The Morgan fingerprint density at radius 2 is 2.08 bits per heavy atom. The van der Waals surface area contributed by atoms with Crippen molar-refractivity contribution in [2.45, 2.75) is 27.2 Å². The van der Waals surface area contributed by atoms with Gasteiger partial charge in [0.05, 0.1) is 5.69 Å². The van der Waals surface area contributed by atoms with Crippen LogP contribution in [0.25, 0.3) is 5.65 Å². The monoisotopic (exact) mass is 174 g/mol. The molecule has 0 radical (unpaired) electrons. The number of hydrogen-bond donors (Lipinski definition) is 0. The third kappa shape index (κ3) is 1.32. The number of aromatic nitrogens is 2. The van der Waals surface area contributed by atoms with Gasteiger partial charge >= 0.3 is 0 Å². The molecule has 68 valence electrons. The lowest BCUT2D eigenvalue weighted by Gasteiger charge is -1.99. The molecule has 2 aromatic heterocycles. The van der Waals surface area contributed by atoms with E-state index in [1.165, 1.54) is 11.3 Å². The standard InChI is InChI=1S/C11H14N2/c1-4-10-7-13-9(3)5-8(2)6-11(13)12-10/h5-7H,4H2,1-3H3. The number of hydrogen-bond acceptors (Lipinski definition) is 1. The fourth-order valence-electron chi connectivity index (χ4n) is 1.64. The summed E-state index contributed by atoms with van der Waals surface area (Å²) in [6.07, 6.45) is 3.12. The van der Waals surface area contributed by atoms with Crippen molar-refractivity contribution in [3.05, 3.63) is 35.3 Å². The molecular weight excluding hydrogens is 160 g/mol. The van der Waals surface area contributed by atoms with Crippen LogP contribution >= 0.6 is 0 Å². The number of rotatable bonds is 1. The van der Waals surface area contributed by atoms with Crippen LogP contribution in [0.1, 0.15) is 23.9 Å². The molecule has 13 heavy (non-hydrogen) atoms. The topological polar surface area (TPSA) is 17.3 Å². The number of fused-ring (bicyclic) bond motifs is 1. The molecule has 0 N–H and O–H groups in total. The van der Waals surface area contributed by atoms with E-state index in [1.54, 1.807) is 0 Å². The summed E-state index contributed by atoms with van der Waals surface area (Å²) in [5.74, 6) is 0. The zero-order chi connectivity index (χ0) is 9.42. The summed E-state index contributed by atoms with van der Waals surface area (Å²) in [6.45, 7) is 6.35. The Morgan fingerprint density at radius 3 is 2.77 bits per heavy atom. The van der Waals surface area contributed by atoms with E-state index in [0.29, 0.717) is 0 Å². The molecule has 0 amide bonds. The lowest BCUT2D eigenvalue weighted by atomic mass is 10.2. The minimum atomic E-state index is 1.00. The van der Waals surface area contributed by atoms with Crippen LogP contribution in [-0.2, 0) is 6.42 Å². The molecule has 2 heterocycles. The van der Waals surface area contributed by atoms with Crippen molar-refractivity contribution >= 4 is 5.65 Å². The highest BCUT2D eigenvalue weighted by Gasteiger charge is 2.01. The highest BCUT2D eigenvalue weighted by molar-refractivity contribution is 5.44. The summed E-state index contributed by atoms with van der Waals surface area (Å²) in [7, 11) is 0. The molecule has 0 aliphatic heterocycles. The number of aryl methyl sites for hydroxylation is 3. The second kappa shape index (κ2) is 2.87. The molecular formula is C11H14N2. The Kier molecular flexibility index (Phi) is 1.83. The second-order valence-electron chi connectivity index (χ2n) is 3.49. The maximum absolute atomic E-state index is 4.52. The van der Waals surface area contributed by atoms with E-state index in [4.69, 9.17) is 0 Å². The quantitative estimate of drug-likeness (QED) is 0.649. The van der Waals surface area contributed by atoms with Crippen LogP contribution in [0.5, 0.6) is 0 Å². The summed E-state index contributed by atoms with van der Waals surface area (Å²) in [6, 6.07) is 4.29. The van der Waals surface area contributed by atoms with Crippen molar-refractivity contribution in [2.24, 2.45) is 0 Å². The Labute approximate surface area is 78.2 Å². The van der Waals surface area contributed by atoms with E-state index < -0.39 is 0 Å². The van der Waals surface area contributed by atoms with Crippen LogP contribution in [0, 0.1) is 13.8 Å². The second-order valence-corrected chi connectivity index (χ2v) is 3.49. The van der Waals surface area contributed by atoms with Crippen LogP contribution in [-0.4, -0.2) is 9.38 Å². The van der Waals surface area contributed by atoms with Gasteiger partial charge in [-0.1, -0.05) is 6.92 Å². The van der Waals surface area contributed by atoms with Crippen LogP contribution < -0.4 is 0 Å². The van der Waals surface area contributed by atoms with E-state index in [0.717, 1.165) is 17.8 Å². The van der Waals surface area contributed by atoms with Gasteiger partial charge in [-0.25, -0.2) is 4.98 Å². The molecule has 0 atom stereocenters. The lowest BCUT2D eigenvalue weighted by molar-refractivity contribution is 1.05. The van der Waals surface area contributed by atoms with Gasteiger partial charge in [0.2, 0.25) is 0 Å². The third-order valence-electron chi connectivity index (χ3n) is 2.32. The van der Waals surface area contributed by atoms with Crippen molar-refractivity contribution in [1.29, 1.82) is 0 Å². The van der Waals surface area contributed by atoms with Crippen molar-refractivity contribution in [3.8, 4) is 0 Å². The van der Waals surface area contributed by atoms with Crippen LogP contribution in [0.15, 0.2) is 18.3 Å². The highest BCUT2D eigenvalue weighted by Crippen LogP contribution is 2.11. The summed E-state index contributed by atoms with van der Waals surface area (Å²) < 4.78 is 2.14. The van der Waals surface area contributed by atoms with Gasteiger partial charge in [-0.05, 0) is 38.0 Å². The lowest BCUT2D eigenvalue weighted by Crippen LogP contribution is -1.89. The van der Waals surface area contributed by atoms with Gasteiger partial charge in [-0.15, -0.1) is 0 Å². The minimum absolute atomic E-state index is 1.00. The van der Waals surface area contributed by atoms with Gasteiger partial charge in [-0.3, -0.25) is 0 Å². The molecule has 0 unspecified atom stereocenters. The summed E-state index contributed by atoms with van der Waals surface area (Å²) in [5, 5.41) is 0. The van der Waals surface area contributed by atoms with Crippen LogP contribution in [0.4, 0.5) is 0 Å². The minimum Gasteiger partial charge on any atom is -0.304 e. The van der Waals surface area contributed by atoms with Gasteiger partial charge in [0.25, 0.3) is 0 Å². The molecule has 0 fully saturated rings. The van der Waals surface area contributed by atoms with Crippen molar-refractivity contribution < 1.29 is 0 Å². The molecule has 0 saturated carbocycles. The van der Waals surface area contributed by atoms with E-state index >= 15 is 0 Å². The Bertz CT molecular complexity index is 441. The SMILES string of the molecule is CCc1cn2c(C)cc(C)cc2n1. The first kappa shape index (κ1) is 8.30. The van der Waals surface area contributed by atoms with E-state index in [9.17, 15) is 0 Å². The van der Waals surface area contributed by atoms with E-state index in [1.807, 2.05) is 0 Å². The highest BCUT2D eigenvalue weighted by atomic mass is 15.0. The normalized spacial score (nSPS) is 11.0. The molecule has 0 aliphatic rings. The van der Waals surface area contributed by atoms with Gasteiger partial charge in [0.15, 0.2) is 0 Å². The van der Waals surface area contributed by atoms with Gasteiger partial charge in [0.1, 0.15) is 5.65 Å². The Hall–Kier alpha value is -1.31. The van der Waals surface area contributed by atoms with Crippen molar-refractivity contribution in [2.75, 3.05) is 0 Å². The van der Waals surface area contributed by atoms with E-state index in [-0.39, 0.29) is 0 Å². The van der Waals surface area contributed by atoms with Gasteiger partial charge < -0.3 is 4.40 Å². The molecule has 0 aliphatic carbocycles. The predicted molar refractivity (Wildman–Crippen MR) is 54.0 cm³/mol. The molecule has 0 spiro atoms. The molecule has 2 heteroatoms. The summed E-state index contributed by atoms with van der Waals surface area (Å²) >= 11 is 0. The zero-order valence-electron chi connectivity index (χ0n) is 8.33. The summed E-state index contributed by atoms with van der Waals surface area (Å²) in [4.78, 5) is 4.52. The molecule has 0 saturated heterocycles. The van der Waals surface area contributed by atoms with Crippen LogP contribution in [0.2, 0.25) is 0 Å². The predicted octanol–water partition coefficient (Wildman–Crippen LogP) is 2.51. The first-order chi connectivity index (χ1) is 6.20. The zero-order valence-corrected chi connectivity index (χ0v) is 8.33. The van der Waals surface area contributed by atoms with Crippen LogP contribution in [0.3, 0.4) is 0 Å². The molecule has 0 bridgehead atoms. The maximum Gasteiger partial charge on any atom is 0.137 e. The average molecular weight is 174 g/mol. The molecule has 2 aromatic rings. The number of nitrogens with zero attached hydrogens (tertiary/aromatic N) is 2. The first-order valence-electron chi connectivity index (χ1n) is 4.66. The average Bonchev–Trinajstić information content (AvgIpc) is 2.47. The van der Waals surface area contributed by atoms with Crippen molar-refractivity contribution in [3.63, 3.8) is 0 Å². The Morgan fingerprint density at radius 1 is 1.31 bits per heavy atom. The third-order valence-corrected chi connectivity index (χ3v) is 2.32. The number of imidazole rings is 1. The van der Waals surface area contributed by atoms with Crippen molar-refractivity contribution in [1.82, 2.24) is 9.38 Å². The summed E-state index contributed by atoms with van der Waals surface area (Å²) in [5.41, 5.74) is 4.75.